The molecule has 0 unspecified atom stereocenters. The molecule has 0 fully saturated rings. The van der Waals surface area contributed by atoms with Crippen LogP contribution in [-0.4, -0.2) is 15.0 Å². The van der Waals surface area contributed by atoms with Crippen LogP contribution in [-0.2, 0) is 12.2 Å². The molecule has 2 aromatic heterocycles. The van der Waals surface area contributed by atoms with Crippen LogP contribution in [0.25, 0.3) is 0 Å². The summed E-state index contributed by atoms with van der Waals surface area (Å²) >= 11 is 1.51. The van der Waals surface area contributed by atoms with Crippen LogP contribution >= 0.6 is 11.8 Å². The van der Waals surface area contributed by atoms with Crippen LogP contribution in [0.4, 0.5) is 0 Å². The van der Waals surface area contributed by atoms with Crippen molar-refractivity contribution in [1.82, 2.24) is 15.0 Å². The molecule has 2 aromatic rings. The van der Waals surface area contributed by atoms with Gasteiger partial charge in [0.15, 0.2) is 5.89 Å². The van der Waals surface area contributed by atoms with Crippen LogP contribution in [0.5, 0.6) is 0 Å². The molecule has 0 bridgehead atoms. The van der Waals surface area contributed by atoms with E-state index < -0.39 is 0 Å². The molecule has 0 aromatic carbocycles. The first-order chi connectivity index (χ1) is 8.71. The Morgan fingerprint density at radius 2 is 2.28 bits per heavy atom. The summed E-state index contributed by atoms with van der Waals surface area (Å²) < 4.78 is 5.38. The molecule has 0 aliphatic rings. The van der Waals surface area contributed by atoms with Crippen molar-refractivity contribution in [2.75, 3.05) is 0 Å². The monoisotopic (exact) mass is 260 g/mol. The van der Waals surface area contributed by atoms with Gasteiger partial charge in [0, 0.05) is 19.4 Å². The normalized spacial score (nSPS) is 10.3. The van der Waals surface area contributed by atoms with E-state index in [1.165, 1.54) is 11.8 Å². The third kappa shape index (κ3) is 3.08. The van der Waals surface area contributed by atoms with Crippen molar-refractivity contribution in [2.45, 2.75) is 31.0 Å². The van der Waals surface area contributed by atoms with Crippen molar-refractivity contribution >= 4 is 11.8 Å². The van der Waals surface area contributed by atoms with E-state index in [0.717, 1.165) is 10.8 Å². The number of aryl methyl sites for hydroxylation is 2. The summed E-state index contributed by atoms with van der Waals surface area (Å²) in [6.07, 6.45) is 2.42. The van der Waals surface area contributed by atoms with Crippen LogP contribution in [0.3, 0.4) is 0 Å². The first-order valence-corrected chi connectivity index (χ1v) is 6.52. The van der Waals surface area contributed by atoms with E-state index in [4.69, 9.17) is 9.68 Å². The van der Waals surface area contributed by atoms with Crippen molar-refractivity contribution in [3.8, 4) is 6.07 Å². The molecule has 0 spiro atoms. The van der Waals surface area contributed by atoms with E-state index in [9.17, 15) is 0 Å². The fourth-order valence-corrected chi connectivity index (χ4v) is 2.17. The smallest absolute Gasteiger partial charge is 0.191 e. The molecule has 18 heavy (non-hydrogen) atoms. The minimum Gasteiger partial charge on any atom is -0.445 e. The summed E-state index contributed by atoms with van der Waals surface area (Å²) in [5.74, 6) is 2.78. The largest absolute Gasteiger partial charge is 0.445 e. The van der Waals surface area contributed by atoms with Gasteiger partial charge in [0.25, 0.3) is 0 Å². The van der Waals surface area contributed by atoms with Gasteiger partial charge in [-0.3, -0.25) is 0 Å². The van der Waals surface area contributed by atoms with Gasteiger partial charge in [-0.25, -0.2) is 15.0 Å². The molecule has 0 atom stereocenters. The Morgan fingerprint density at radius 1 is 1.44 bits per heavy atom. The molecule has 2 heterocycles. The van der Waals surface area contributed by atoms with E-state index in [1.807, 2.05) is 19.9 Å². The summed E-state index contributed by atoms with van der Waals surface area (Å²) in [6, 6.07) is 3.73. The molecular weight excluding hydrogens is 248 g/mol. The third-order valence-corrected chi connectivity index (χ3v) is 3.14. The second-order valence-corrected chi connectivity index (χ2v) is 4.60. The van der Waals surface area contributed by atoms with E-state index >= 15 is 0 Å². The Labute approximate surface area is 109 Å². The average Bonchev–Trinajstić information content (AvgIpc) is 2.81. The molecule has 0 N–H and O–H groups in total. The predicted octanol–water partition coefficient (Wildman–Crippen LogP) is 2.50. The van der Waals surface area contributed by atoms with Crippen LogP contribution in [0, 0.1) is 18.3 Å². The summed E-state index contributed by atoms with van der Waals surface area (Å²) in [4.78, 5) is 12.5. The minimum absolute atomic E-state index is 0.401. The van der Waals surface area contributed by atoms with Gasteiger partial charge >= 0.3 is 0 Å². The Hall–Kier alpha value is -1.87. The molecule has 5 nitrogen and oxygen atoms in total. The number of hydrogen-bond acceptors (Lipinski definition) is 6. The summed E-state index contributed by atoms with van der Waals surface area (Å²) in [7, 11) is 0. The molecule has 2 rings (SSSR count). The Morgan fingerprint density at radius 3 is 2.89 bits per heavy atom. The molecule has 6 heteroatoms. The van der Waals surface area contributed by atoms with E-state index in [1.54, 1.807) is 12.3 Å². The highest BCUT2D eigenvalue weighted by molar-refractivity contribution is 7.98. The Kier molecular flexibility index (Phi) is 3.95. The van der Waals surface area contributed by atoms with Crippen LogP contribution in [0.15, 0.2) is 21.7 Å². The van der Waals surface area contributed by atoms with Crippen molar-refractivity contribution in [2.24, 2.45) is 0 Å². The molecule has 0 saturated carbocycles. The number of aromatic nitrogens is 3. The summed E-state index contributed by atoms with van der Waals surface area (Å²) in [5.41, 5.74) is 0.401. The number of oxazole rings is 1. The second kappa shape index (κ2) is 5.65. The highest BCUT2D eigenvalue weighted by Gasteiger charge is 2.06. The highest BCUT2D eigenvalue weighted by atomic mass is 32.2. The first-order valence-electron chi connectivity index (χ1n) is 5.53. The lowest BCUT2D eigenvalue weighted by Crippen LogP contribution is -1.97. The van der Waals surface area contributed by atoms with Crippen molar-refractivity contribution < 1.29 is 4.42 Å². The van der Waals surface area contributed by atoms with Gasteiger partial charge in [-0.2, -0.15) is 5.26 Å². The lowest BCUT2D eigenvalue weighted by molar-refractivity contribution is 0.491. The van der Waals surface area contributed by atoms with Gasteiger partial charge in [0.1, 0.15) is 28.4 Å². The lowest BCUT2D eigenvalue weighted by Gasteiger charge is -2.01. The fourth-order valence-electron chi connectivity index (χ4n) is 1.38. The SMILES string of the molecule is CCc1nc(C#N)cc(SCc2cnc(C)o2)n1. The maximum atomic E-state index is 8.89. The fraction of sp³-hybridized carbons (Fsp3) is 0.333. The van der Waals surface area contributed by atoms with Gasteiger partial charge in [-0.05, 0) is 0 Å². The third-order valence-electron chi connectivity index (χ3n) is 2.21. The Balaban J connectivity index is 2.11. The van der Waals surface area contributed by atoms with Gasteiger partial charge in [0.2, 0.25) is 0 Å². The van der Waals surface area contributed by atoms with Gasteiger partial charge in [0.05, 0.1) is 11.9 Å². The van der Waals surface area contributed by atoms with E-state index in [0.29, 0.717) is 29.6 Å². The Bertz CT molecular complexity index is 588. The molecule has 0 radical (unpaired) electrons. The zero-order valence-electron chi connectivity index (χ0n) is 10.2. The van der Waals surface area contributed by atoms with Crippen molar-refractivity contribution in [3.63, 3.8) is 0 Å². The quantitative estimate of drug-likeness (QED) is 0.621. The maximum Gasteiger partial charge on any atom is 0.191 e. The zero-order valence-corrected chi connectivity index (χ0v) is 11.0. The number of rotatable bonds is 4. The van der Waals surface area contributed by atoms with Crippen molar-refractivity contribution in [3.05, 3.63) is 35.4 Å². The minimum atomic E-state index is 0.401. The molecule has 0 saturated heterocycles. The molecule has 0 aliphatic carbocycles. The second-order valence-electron chi connectivity index (χ2n) is 3.61. The lowest BCUT2D eigenvalue weighted by atomic mass is 10.4. The predicted molar refractivity (Wildman–Crippen MR) is 66.9 cm³/mol. The van der Waals surface area contributed by atoms with E-state index in [-0.39, 0.29) is 0 Å². The molecule has 0 aliphatic heterocycles. The van der Waals surface area contributed by atoms with E-state index in [2.05, 4.69) is 15.0 Å². The first kappa shape index (κ1) is 12.6. The van der Waals surface area contributed by atoms with Crippen LogP contribution < -0.4 is 0 Å². The maximum absolute atomic E-state index is 8.89. The standard InChI is InChI=1S/C12H12N4OS/c1-3-11-15-9(5-13)4-12(16-11)18-7-10-6-14-8(2)17-10/h4,6H,3,7H2,1-2H3. The topological polar surface area (TPSA) is 75.6 Å². The van der Waals surface area contributed by atoms with Crippen molar-refractivity contribution in [1.29, 1.82) is 5.26 Å². The molecular formula is C12H12N4OS. The average molecular weight is 260 g/mol. The highest BCUT2D eigenvalue weighted by Crippen LogP contribution is 2.21. The van der Waals surface area contributed by atoms with Gasteiger partial charge < -0.3 is 4.42 Å². The van der Waals surface area contributed by atoms with Gasteiger partial charge in [-0.15, -0.1) is 0 Å². The molecule has 0 amide bonds. The van der Waals surface area contributed by atoms with Gasteiger partial charge in [-0.1, -0.05) is 18.7 Å². The number of hydrogen-bond donors (Lipinski definition) is 0. The number of nitriles is 1. The summed E-state index contributed by atoms with van der Waals surface area (Å²) in [6.45, 7) is 3.77. The molecule has 92 valence electrons. The number of nitrogens with zero attached hydrogens (tertiary/aromatic N) is 4. The van der Waals surface area contributed by atoms with Crippen LogP contribution in [0.1, 0.15) is 30.1 Å². The summed E-state index contributed by atoms with van der Waals surface area (Å²) in [5, 5.41) is 9.68. The van der Waals surface area contributed by atoms with Crippen LogP contribution in [0.2, 0.25) is 0 Å². The zero-order chi connectivity index (χ0) is 13.0. The number of thioether (sulfide) groups is 1.